The maximum Gasteiger partial charge on any atom is 0.163 e. The quantitative estimate of drug-likeness (QED) is 0.688. The molecule has 1 aromatic rings. The smallest absolute Gasteiger partial charge is 0.163 e. The summed E-state index contributed by atoms with van der Waals surface area (Å²) in [7, 11) is 0. The number of rotatable bonds is 1. The van der Waals surface area contributed by atoms with Gasteiger partial charge in [0.05, 0.1) is 17.3 Å². The molecule has 1 aromatic carbocycles. The van der Waals surface area contributed by atoms with E-state index in [4.69, 9.17) is 31.9 Å². The topological polar surface area (TPSA) is 64.7 Å². The van der Waals surface area contributed by atoms with Gasteiger partial charge in [-0.05, 0) is 0 Å². The molecule has 0 aliphatic carbocycles. The minimum atomic E-state index is -0.331. The third kappa shape index (κ3) is 1.58. The number of aliphatic hydroxyl groups excluding tert-OH is 1. The van der Waals surface area contributed by atoms with Crippen LogP contribution in [0.5, 0.6) is 11.5 Å². The Morgan fingerprint density at radius 3 is 3.00 bits per heavy atom. The summed E-state index contributed by atoms with van der Waals surface area (Å²) in [4.78, 5) is 0. The molecule has 0 spiro atoms. The van der Waals surface area contributed by atoms with E-state index in [0.717, 1.165) is 0 Å². The Morgan fingerprint density at radius 1 is 1.50 bits per heavy atom. The van der Waals surface area contributed by atoms with E-state index in [1.54, 1.807) is 12.1 Å². The van der Waals surface area contributed by atoms with Crippen molar-refractivity contribution in [2.24, 2.45) is 0 Å². The van der Waals surface area contributed by atoms with Crippen LogP contribution >= 0.6 is 11.6 Å². The van der Waals surface area contributed by atoms with Gasteiger partial charge in [0.2, 0.25) is 0 Å². The molecule has 0 fully saturated rings. The number of hydrogen-bond acceptors (Lipinski definition) is 4. The Hall–Kier alpha value is -1.13. The molecule has 0 radical (unpaired) electrons. The predicted octanol–water partition coefficient (Wildman–Crippen LogP) is 1.05. The summed E-state index contributed by atoms with van der Waals surface area (Å²) in [6.07, 6.45) is -0.331. The number of anilines is 1. The third-order valence-electron chi connectivity index (χ3n) is 1.99. The van der Waals surface area contributed by atoms with Crippen LogP contribution < -0.4 is 15.2 Å². The number of aliphatic hydroxyl groups is 1. The van der Waals surface area contributed by atoms with Crippen molar-refractivity contribution in [3.05, 3.63) is 17.2 Å². The highest BCUT2D eigenvalue weighted by molar-refractivity contribution is 6.33. The van der Waals surface area contributed by atoms with E-state index in [9.17, 15) is 0 Å². The number of ether oxygens (including phenoxy) is 2. The zero-order chi connectivity index (χ0) is 10.1. The summed E-state index contributed by atoms with van der Waals surface area (Å²) < 4.78 is 10.7. The summed E-state index contributed by atoms with van der Waals surface area (Å²) in [6, 6.07) is 3.21. The van der Waals surface area contributed by atoms with Gasteiger partial charge in [-0.2, -0.15) is 0 Å². The zero-order valence-electron chi connectivity index (χ0n) is 7.37. The van der Waals surface area contributed by atoms with Crippen LogP contribution in [-0.4, -0.2) is 24.4 Å². The standard InChI is InChI=1S/C9H10ClNO3/c10-6-1-9-8(2-7(6)11)13-4-5(3-12)14-9/h1-2,5,12H,3-4,11H2. The van der Waals surface area contributed by atoms with E-state index in [-0.39, 0.29) is 12.7 Å². The number of nitrogen functional groups attached to an aromatic ring is 1. The molecule has 1 aliphatic rings. The molecule has 4 nitrogen and oxygen atoms in total. The van der Waals surface area contributed by atoms with Gasteiger partial charge in [0.1, 0.15) is 6.61 Å². The lowest BCUT2D eigenvalue weighted by Gasteiger charge is -2.25. The molecule has 1 atom stereocenters. The van der Waals surface area contributed by atoms with E-state index in [1.165, 1.54) is 0 Å². The van der Waals surface area contributed by atoms with Gasteiger partial charge in [-0.1, -0.05) is 11.6 Å². The van der Waals surface area contributed by atoms with Crippen LogP contribution in [0.2, 0.25) is 5.02 Å². The molecule has 0 saturated heterocycles. The molecule has 0 bridgehead atoms. The molecular weight excluding hydrogens is 206 g/mol. The van der Waals surface area contributed by atoms with Crippen LogP contribution in [0.4, 0.5) is 5.69 Å². The van der Waals surface area contributed by atoms with Gasteiger partial charge in [-0.25, -0.2) is 0 Å². The second kappa shape index (κ2) is 3.55. The Balaban J connectivity index is 2.33. The molecule has 5 heteroatoms. The van der Waals surface area contributed by atoms with Crippen LogP contribution in [0, 0.1) is 0 Å². The predicted molar refractivity (Wildman–Crippen MR) is 52.9 cm³/mol. The van der Waals surface area contributed by atoms with E-state index < -0.39 is 0 Å². The molecule has 0 aromatic heterocycles. The van der Waals surface area contributed by atoms with E-state index >= 15 is 0 Å². The van der Waals surface area contributed by atoms with Crippen LogP contribution in [0.25, 0.3) is 0 Å². The maximum atomic E-state index is 8.88. The summed E-state index contributed by atoms with van der Waals surface area (Å²) >= 11 is 5.81. The van der Waals surface area contributed by atoms with Gasteiger partial charge < -0.3 is 20.3 Å². The van der Waals surface area contributed by atoms with E-state index in [1.807, 2.05) is 0 Å². The highest BCUT2D eigenvalue weighted by Crippen LogP contribution is 2.37. The second-order valence-electron chi connectivity index (χ2n) is 3.05. The largest absolute Gasteiger partial charge is 0.486 e. The first-order chi connectivity index (χ1) is 6.70. The first-order valence-electron chi connectivity index (χ1n) is 4.20. The highest BCUT2D eigenvalue weighted by atomic mass is 35.5. The molecule has 3 N–H and O–H groups in total. The lowest BCUT2D eigenvalue weighted by molar-refractivity contribution is 0.0457. The van der Waals surface area contributed by atoms with Gasteiger partial charge in [0.25, 0.3) is 0 Å². The monoisotopic (exact) mass is 215 g/mol. The molecule has 1 heterocycles. The van der Waals surface area contributed by atoms with Crippen molar-refractivity contribution < 1.29 is 14.6 Å². The van der Waals surface area contributed by atoms with Crippen molar-refractivity contribution in [3.63, 3.8) is 0 Å². The van der Waals surface area contributed by atoms with Crippen molar-refractivity contribution >= 4 is 17.3 Å². The fourth-order valence-electron chi connectivity index (χ4n) is 1.24. The van der Waals surface area contributed by atoms with Gasteiger partial charge in [0, 0.05) is 12.1 Å². The van der Waals surface area contributed by atoms with Crippen molar-refractivity contribution in [1.29, 1.82) is 0 Å². The average molecular weight is 216 g/mol. The van der Waals surface area contributed by atoms with E-state index in [2.05, 4.69) is 0 Å². The van der Waals surface area contributed by atoms with Crippen molar-refractivity contribution in [2.75, 3.05) is 18.9 Å². The molecule has 76 valence electrons. The molecule has 0 amide bonds. The number of hydrogen-bond donors (Lipinski definition) is 2. The summed E-state index contributed by atoms with van der Waals surface area (Å²) in [5, 5.41) is 9.30. The van der Waals surface area contributed by atoms with Crippen LogP contribution in [-0.2, 0) is 0 Å². The van der Waals surface area contributed by atoms with Gasteiger partial charge in [-0.3, -0.25) is 0 Å². The Kier molecular flexibility index (Phi) is 2.39. The molecule has 2 rings (SSSR count). The highest BCUT2D eigenvalue weighted by Gasteiger charge is 2.21. The van der Waals surface area contributed by atoms with Crippen LogP contribution in [0.1, 0.15) is 0 Å². The van der Waals surface area contributed by atoms with Crippen LogP contribution in [0.15, 0.2) is 12.1 Å². The van der Waals surface area contributed by atoms with Crippen molar-refractivity contribution in [2.45, 2.75) is 6.10 Å². The van der Waals surface area contributed by atoms with Gasteiger partial charge >= 0.3 is 0 Å². The first kappa shape index (κ1) is 9.43. The maximum absolute atomic E-state index is 8.88. The second-order valence-corrected chi connectivity index (χ2v) is 3.46. The normalized spacial score (nSPS) is 19.4. The Morgan fingerprint density at radius 2 is 2.29 bits per heavy atom. The Bertz CT molecular complexity index is 356. The van der Waals surface area contributed by atoms with Crippen molar-refractivity contribution in [1.82, 2.24) is 0 Å². The number of benzene rings is 1. The molecular formula is C9H10ClNO3. The molecule has 1 unspecified atom stereocenters. The number of fused-ring (bicyclic) bond motifs is 1. The fourth-order valence-corrected chi connectivity index (χ4v) is 1.40. The molecule has 1 aliphatic heterocycles. The first-order valence-corrected chi connectivity index (χ1v) is 4.58. The van der Waals surface area contributed by atoms with Gasteiger partial charge in [0.15, 0.2) is 17.6 Å². The average Bonchev–Trinajstić information content (AvgIpc) is 2.19. The number of halogens is 1. The zero-order valence-corrected chi connectivity index (χ0v) is 8.12. The van der Waals surface area contributed by atoms with Crippen LogP contribution in [0.3, 0.4) is 0 Å². The summed E-state index contributed by atoms with van der Waals surface area (Å²) in [5.74, 6) is 1.09. The third-order valence-corrected chi connectivity index (χ3v) is 2.31. The minimum Gasteiger partial charge on any atom is -0.486 e. The lowest BCUT2D eigenvalue weighted by atomic mass is 10.2. The summed E-state index contributed by atoms with van der Waals surface area (Å²) in [6.45, 7) is 0.242. The molecule has 14 heavy (non-hydrogen) atoms. The molecule has 0 saturated carbocycles. The Labute approximate surface area is 86.2 Å². The fraction of sp³-hybridized carbons (Fsp3) is 0.333. The van der Waals surface area contributed by atoms with Gasteiger partial charge in [-0.15, -0.1) is 0 Å². The van der Waals surface area contributed by atoms with Crippen molar-refractivity contribution in [3.8, 4) is 11.5 Å². The minimum absolute atomic E-state index is 0.0819. The lowest BCUT2D eigenvalue weighted by Crippen LogP contribution is -2.32. The number of nitrogens with two attached hydrogens (primary N) is 1. The summed E-state index contributed by atoms with van der Waals surface area (Å²) in [5.41, 5.74) is 6.05. The van der Waals surface area contributed by atoms with E-state index in [0.29, 0.717) is 28.8 Å². The SMILES string of the molecule is Nc1cc2c(cc1Cl)OC(CO)CO2.